The molecule has 0 aromatic carbocycles. The van der Waals surface area contributed by atoms with Crippen molar-refractivity contribution >= 4 is 17.6 Å². The second-order valence-corrected chi connectivity index (χ2v) is 5.76. The lowest BCUT2D eigenvalue weighted by molar-refractivity contribution is 0.442. The Labute approximate surface area is 96.9 Å². The molecular formula is C12H20N2S. The summed E-state index contributed by atoms with van der Waals surface area (Å²) in [5.41, 5.74) is 1.62. The first-order valence-electron chi connectivity index (χ1n) is 5.19. The molecule has 1 N–H and O–H groups in total. The highest BCUT2D eigenvalue weighted by Crippen LogP contribution is 2.16. The minimum atomic E-state index is 0.289. The van der Waals surface area contributed by atoms with E-state index in [1.807, 2.05) is 18.0 Å². The second-order valence-electron chi connectivity index (χ2n) is 4.90. The van der Waals surface area contributed by atoms with Crippen LogP contribution in [-0.4, -0.2) is 17.8 Å². The van der Waals surface area contributed by atoms with Crippen LogP contribution < -0.4 is 5.32 Å². The van der Waals surface area contributed by atoms with Crippen molar-refractivity contribution in [2.24, 2.45) is 5.41 Å². The molecular weight excluding hydrogens is 204 g/mol. The zero-order valence-electron chi connectivity index (χ0n) is 10.0. The van der Waals surface area contributed by atoms with Gasteiger partial charge in [-0.2, -0.15) is 11.8 Å². The molecule has 0 atom stereocenters. The van der Waals surface area contributed by atoms with Gasteiger partial charge < -0.3 is 5.32 Å². The molecule has 0 bridgehead atoms. The fourth-order valence-electron chi connectivity index (χ4n) is 1.18. The number of nitrogens with zero attached hydrogens (tertiary/aromatic N) is 1. The number of hydrogen-bond acceptors (Lipinski definition) is 3. The number of anilines is 1. The van der Waals surface area contributed by atoms with Crippen molar-refractivity contribution in [1.82, 2.24) is 4.98 Å². The first-order chi connectivity index (χ1) is 7.01. The lowest BCUT2D eigenvalue weighted by Crippen LogP contribution is -2.19. The summed E-state index contributed by atoms with van der Waals surface area (Å²) in [6.45, 7) is 7.59. The Morgan fingerprint density at radius 2 is 2.13 bits per heavy atom. The third-order valence-corrected chi connectivity index (χ3v) is 2.56. The fraction of sp³-hybridized carbons (Fsp3) is 0.583. The zero-order valence-corrected chi connectivity index (χ0v) is 10.8. The highest BCUT2D eigenvalue weighted by atomic mass is 32.2. The molecule has 0 fully saturated rings. The minimum Gasteiger partial charge on any atom is -0.370 e. The van der Waals surface area contributed by atoms with E-state index in [4.69, 9.17) is 0 Å². The lowest BCUT2D eigenvalue weighted by atomic mass is 9.97. The van der Waals surface area contributed by atoms with Gasteiger partial charge in [-0.25, -0.2) is 4.98 Å². The van der Waals surface area contributed by atoms with Crippen molar-refractivity contribution in [3.05, 3.63) is 23.9 Å². The smallest absolute Gasteiger partial charge is 0.126 e. The van der Waals surface area contributed by atoms with Crippen LogP contribution in [0.5, 0.6) is 0 Å². The van der Waals surface area contributed by atoms with Gasteiger partial charge in [-0.05, 0) is 29.4 Å². The third kappa shape index (κ3) is 5.07. The number of thioether (sulfide) groups is 1. The van der Waals surface area contributed by atoms with Gasteiger partial charge in [0, 0.05) is 18.5 Å². The van der Waals surface area contributed by atoms with E-state index in [9.17, 15) is 0 Å². The molecule has 0 spiro atoms. The minimum absolute atomic E-state index is 0.289. The maximum Gasteiger partial charge on any atom is 0.126 e. The van der Waals surface area contributed by atoms with Gasteiger partial charge >= 0.3 is 0 Å². The Morgan fingerprint density at radius 3 is 2.73 bits per heavy atom. The maximum absolute atomic E-state index is 4.30. The van der Waals surface area contributed by atoms with Crippen LogP contribution in [0.2, 0.25) is 0 Å². The normalized spacial score (nSPS) is 11.5. The van der Waals surface area contributed by atoms with E-state index in [1.54, 1.807) is 0 Å². The zero-order chi connectivity index (χ0) is 11.3. The summed E-state index contributed by atoms with van der Waals surface area (Å²) in [6, 6.07) is 4.20. The number of rotatable bonds is 4. The Bertz CT molecular complexity index is 305. The third-order valence-electron chi connectivity index (χ3n) is 1.94. The van der Waals surface area contributed by atoms with Crippen molar-refractivity contribution in [1.29, 1.82) is 0 Å². The molecule has 84 valence electrons. The SMILES string of the molecule is CSCc1ccnc(NCC(C)(C)C)c1. The predicted octanol–water partition coefficient (Wildman–Crippen LogP) is 3.40. The van der Waals surface area contributed by atoms with Crippen LogP contribution in [-0.2, 0) is 5.75 Å². The first-order valence-corrected chi connectivity index (χ1v) is 6.58. The van der Waals surface area contributed by atoms with E-state index < -0.39 is 0 Å². The van der Waals surface area contributed by atoms with E-state index >= 15 is 0 Å². The molecule has 1 aromatic heterocycles. The Morgan fingerprint density at radius 1 is 1.40 bits per heavy atom. The average Bonchev–Trinajstić information content (AvgIpc) is 2.15. The largest absolute Gasteiger partial charge is 0.370 e. The molecule has 0 saturated carbocycles. The van der Waals surface area contributed by atoms with Gasteiger partial charge in [0.1, 0.15) is 5.82 Å². The molecule has 0 radical (unpaired) electrons. The number of aromatic nitrogens is 1. The summed E-state index contributed by atoms with van der Waals surface area (Å²) >= 11 is 1.83. The molecule has 1 heterocycles. The summed E-state index contributed by atoms with van der Waals surface area (Å²) < 4.78 is 0. The van der Waals surface area contributed by atoms with Crippen molar-refractivity contribution in [2.75, 3.05) is 18.1 Å². The highest BCUT2D eigenvalue weighted by Gasteiger charge is 2.09. The second kappa shape index (κ2) is 5.40. The highest BCUT2D eigenvalue weighted by molar-refractivity contribution is 7.97. The van der Waals surface area contributed by atoms with Crippen LogP contribution in [0, 0.1) is 5.41 Å². The Balaban J connectivity index is 2.57. The van der Waals surface area contributed by atoms with Crippen LogP contribution in [0.25, 0.3) is 0 Å². The molecule has 0 aliphatic rings. The standard InChI is InChI=1S/C12H20N2S/c1-12(2,3)9-14-11-7-10(8-15-4)5-6-13-11/h5-7H,8-9H2,1-4H3,(H,13,14). The lowest BCUT2D eigenvalue weighted by Gasteiger charge is -2.19. The Hall–Kier alpha value is -0.700. The summed E-state index contributed by atoms with van der Waals surface area (Å²) in [5, 5.41) is 3.36. The molecule has 0 aliphatic carbocycles. The predicted molar refractivity (Wildman–Crippen MR) is 69.4 cm³/mol. The van der Waals surface area contributed by atoms with Gasteiger partial charge in [0.25, 0.3) is 0 Å². The van der Waals surface area contributed by atoms with Crippen molar-refractivity contribution in [2.45, 2.75) is 26.5 Å². The van der Waals surface area contributed by atoms with E-state index in [2.05, 4.69) is 49.5 Å². The molecule has 0 unspecified atom stereocenters. The summed E-state index contributed by atoms with van der Waals surface area (Å²) in [4.78, 5) is 4.30. The number of nitrogens with one attached hydrogen (secondary N) is 1. The van der Waals surface area contributed by atoms with Gasteiger partial charge in [-0.1, -0.05) is 20.8 Å². The first kappa shape index (κ1) is 12.4. The summed E-state index contributed by atoms with van der Waals surface area (Å²) in [6.07, 6.45) is 3.99. The molecule has 1 aromatic rings. The quantitative estimate of drug-likeness (QED) is 0.848. The van der Waals surface area contributed by atoms with Crippen LogP contribution >= 0.6 is 11.8 Å². The van der Waals surface area contributed by atoms with Crippen molar-refractivity contribution < 1.29 is 0 Å². The van der Waals surface area contributed by atoms with Crippen LogP contribution in [0.4, 0.5) is 5.82 Å². The van der Waals surface area contributed by atoms with E-state index in [0.29, 0.717) is 0 Å². The maximum atomic E-state index is 4.30. The summed E-state index contributed by atoms with van der Waals surface area (Å²) in [7, 11) is 0. The molecule has 15 heavy (non-hydrogen) atoms. The van der Waals surface area contributed by atoms with Gasteiger partial charge in [0.2, 0.25) is 0 Å². The fourth-order valence-corrected chi connectivity index (χ4v) is 1.70. The van der Waals surface area contributed by atoms with E-state index in [-0.39, 0.29) is 5.41 Å². The molecule has 0 saturated heterocycles. The van der Waals surface area contributed by atoms with Gasteiger partial charge in [-0.3, -0.25) is 0 Å². The molecule has 2 nitrogen and oxygen atoms in total. The van der Waals surface area contributed by atoms with Crippen LogP contribution in [0.3, 0.4) is 0 Å². The molecule has 1 rings (SSSR count). The van der Waals surface area contributed by atoms with Crippen LogP contribution in [0.15, 0.2) is 18.3 Å². The van der Waals surface area contributed by atoms with Crippen molar-refractivity contribution in [3.63, 3.8) is 0 Å². The average molecular weight is 224 g/mol. The summed E-state index contributed by atoms with van der Waals surface area (Å²) in [5.74, 6) is 2.03. The van der Waals surface area contributed by atoms with Crippen molar-refractivity contribution in [3.8, 4) is 0 Å². The monoisotopic (exact) mass is 224 g/mol. The van der Waals surface area contributed by atoms with E-state index in [1.165, 1.54) is 5.56 Å². The van der Waals surface area contributed by atoms with Crippen LogP contribution in [0.1, 0.15) is 26.3 Å². The topological polar surface area (TPSA) is 24.9 Å². The Kier molecular flexibility index (Phi) is 4.45. The van der Waals surface area contributed by atoms with Gasteiger partial charge in [0.05, 0.1) is 0 Å². The molecule has 0 aliphatic heterocycles. The van der Waals surface area contributed by atoms with Gasteiger partial charge in [0.15, 0.2) is 0 Å². The molecule has 3 heteroatoms. The van der Waals surface area contributed by atoms with E-state index in [0.717, 1.165) is 18.1 Å². The number of hydrogen-bond donors (Lipinski definition) is 1. The number of pyridine rings is 1. The molecule has 0 amide bonds. The van der Waals surface area contributed by atoms with Gasteiger partial charge in [-0.15, -0.1) is 0 Å².